The molecule has 1 spiro atoms. The van der Waals surface area contributed by atoms with Gasteiger partial charge < -0.3 is 10.0 Å². The van der Waals surface area contributed by atoms with Gasteiger partial charge in [-0.2, -0.15) is 0 Å². The zero-order chi connectivity index (χ0) is 16.4. The van der Waals surface area contributed by atoms with Crippen molar-refractivity contribution in [3.63, 3.8) is 0 Å². The van der Waals surface area contributed by atoms with Gasteiger partial charge in [0.05, 0.1) is 11.5 Å². The Labute approximate surface area is 139 Å². The Bertz CT molecular complexity index is 564. The maximum atomic E-state index is 12.6. The van der Waals surface area contributed by atoms with Crippen LogP contribution in [0, 0.1) is 5.41 Å². The number of aliphatic hydroxyl groups is 1. The molecule has 2 saturated heterocycles. The molecular formula is C19H28N2O2. The standard InChI is InChI=1S/C19H28N2O2/c1-3-15-6-4-5-7-16(15)13-21-10-8-19(9-11-21)12-17(22)14-20(2)18(19)23/h4-7,17,22H,3,8-14H2,1-2H3. The lowest BCUT2D eigenvalue weighted by Gasteiger charge is -2.47. The molecule has 1 atom stereocenters. The van der Waals surface area contributed by atoms with E-state index >= 15 is 0 Å². The van der Waals surface area contributed by atoms with E-state index < -0.39 is 0 Å². The number of piperidine rings is 2. The average molecular weight is 316 g/mol. The summed E-state index contributed by atoms with van der Waals surface area (Å²) >= 11 is 0. The van der Waals surface area contributed by atoms with Crippen LogP contribution in [0.25, 0.3) is 0 Å². The number of benzene rings is 1. The van der Waals surface area contributed by atoms with Crippen LogP contribution in [0.1, 0.15) is 37.3 Å². The van der Waals surface area contributed by atoms with Crippen molar-refractivity contribution in [3.05, 3.63) is 35.4 Å². The average Bonchev–Trinajstić information content (AvgIpc) is 2.55. The van der Waals surface area contributed by atoms with Crippen LogP contribution in [0.2, 0.25) is 0 Å². The number of nitrogens with zero attached hydrogens (tertiary/aromatic N) is 2. The zero-order valence-corrected chi connectivity index (χ0v) is 14.3. The van der Waals surface area contributed by atoms with Crippen molar-refractivity contribution in [1.29, 1.82) is 0 Å². The first-order valence-corrected chi connectivity index (χ1v) is 8.77. The molecule has 4 nitrogen and oxygen atoms in total. The van der Waals surface area contributed by atoms with Gasteiger partial charge in [-0.05, 0) is 49.9 Å². The molecule has 0 radical (unpaired) electrons. The number of likely N-dealkylation sites (N-methyl/N-ethyl adjacent to an activating group) is 1. The predicted octanol–water partition coefficient (Wildman–Crippen LogP) is 2.05. The SMILES string of the molecule is CCc1ccccc1CN1CCC2(CC1)CC(O)CN(C)C2=O. The van der Waals surface area contributed by atoms with Crippen LogP contribution < -0.4 is 0 Å². The minimum Gasteiger partial charge on any atom is -0.391 e. The highest BCUT2D eigenvalue weighted by Crippen LogP contribution is 2.40. The summed E-state index contributed by atoms with van der Waals surface area (Å²) in [6, 6.07) is 8.63. The van der Waals surface area contributed by atoms with Crippen LogP contribution in [0.15, 0.2) is 24.3 Å². The normalized spacial score (nSPS) is 25.1. The van der Waals surface area contributed by atoms with Gasteiger partial charge in [-0.15, -0.1) is 0 Å². The molecule has 0 aliphatic carbocycles. The monoisotopic (exact) mass is 316 g/mol. The fourth-order valence-corrected chi connectivity index (χ4v) is 4.26. The summed E-state index contributed by atoms with van der Waals surface area (Å²) in [7, 11) is 1.82. The molecule has 2 fully saturated rings. The number of amides is 1. The van der Waals surface area contributed by atoms with Gasteiger partial charge in [0.1, 0.15) is 0 Å². The highest BCUT2D eigenvalue weighted by molar-refractivity contribution is 5.83. The van der Waals surface area contributed by atoms with Gasteiger partial charge in [0.15, 0.2) is 0 Å². The first-order valence-electron chi connectivity index (χ1n) is 8.77. The maximum Gasteiger partial charge on any atom is 0.228 e. The van der Waals surface area contributed by atoms with Gasteiger partial charge in [-0.3, -0.25) is 9.69 Å². The Hall–Kier alpha value is -1.39. The van der Waals surface area contributed by atoms with E-state index in [1.54, 1.807) is 4.90 Å². The summed E-state index contributed by atoms with van der Waals surface area (Å²) in [5.41, 5.74) is 2.49. The Morgan fingerprint density at radius 2 is 1.87 bits per heavy atom. The lowest BCUT2D eigenvalue weighted by molar-refractivity contribution is -0.154. The molecule has 3 rings (SSSR count). The lowest BCUT2D eigenvalue weighted by atomic mass is 9.71. The van der Waals surface area contributed by atoms with Crippen LogP contribution in [-0.2, 0) is 17.8 Å². The molecule has 2 aliphatic rings. The minimum absolute atomic E-state index is 0.233. The number of rotatable bonds is 3. The van der Waals surface area contributed by atoms with Crippen LogP contribution in [-0.4, -0.2) is 53.6 Å². The first-order chi connectivity index (χ1) is 11.0. The molecule has 2 heterocycles. The van der Waals surface area contributed by atoms with Crippen molar-refractivity contribution in [3.8, 4) is 0 Å². The summed E-state index contributed by atoms with van der Waals surface area (Å²) in [5, 5.41) is 10.1. The first kappa shape index (κ1) is 16.5. The van der Waals surface area contributed by atoms with E-state index in [1.165, 1.54) is 11.1 Å². The van der Waals surface area contributed by atoms with Crippen molar-refractivity contribution >= 4 is 5.91 Å². The van der Waals surface area contributed by atoms with Crippen molar-refractivity contribution in [2.75, 3.05) is 26.7 Å². The van der Waals surface area contributed by atoms with Crippen molar-refractivity contribution in [2.45, 2.75) is 45.3 Å². The Balaban J connectivity index is 1.65. The molecule has 126 valence electrons. The van der Waals surface area contributed by atoms with Crippen molar-refractivity contribution < 1.29 is 9.90 Å². The van der Waals surface area contributed by atoms with E-state index in [1.807, 2.05) is 7.05 Å². The molecule has 23 heavy (non-hydrogen) atoms. The topological polar surface area (TPSA) is 43.8 Å². The molecule has 0 bridgehead atoms. The second-order valence-corrected chi connectivity index (χ2v) is 7.22. The third kappa shape index (κ3) is 3.29. The van der Waals surface area contributed by atoms with Gasteiger partial charge in [-0.25, -0.2) is 0 Å². The van der Waals surface area contributed by atoms with E-state index in [0.717, 1.165) is 38.9 Å². The molecule has 1 amide bonds. The Morgan fingerprint density at radius 3 is 2.52 bits per heavy atom. The molecule has 0 saturated carbocycles. The van der Waals surface area contributed by atoms with Crippen LogP contribution in [0.5, 0.6) is 0 Å². The molecule has 1 aromatic rings. The predicted molar refractivity (Wildman–Crippen MR) is 91.0 cm³/mol. The Morgan fingerprint density at radius 1 is 1.22 bits per heavy atom. The quantitative estimate of drug-likeness (QED) is 0.928. The summed E-state index contributed by atoms with van der Waals surface area (Å²) in [5.74, 6) is 0.233. The minimum atomic E-state index is -0.370. The van der Waals surface area contributed by atoms with Gasteiger partial charge >= 0.3 is 0 Å². The van der Waals surface area contributed by atoms with Crippen LogP contribution in [0.4, 0.5) is 0 Å². The largest absolute Gasteiger partial charge is 0.391 e. The highest BCUT2D eigenvalue weighted by atomic mass is 16.3. The number of carbonyl (C=O) groups is 1. The summed E-state index contributed by atoms with van der Waals surface area (Å²) in [6.07, 6.45) is 3.05. The van der Waals surface area contributed by atoms with E-state index in [9.17, 15) is 9.90 Å². The number of hydrogen-bond donors (Lipinski definition) is 1. The van der Waals surface area contributed by atoms with E-state index in [0.29, 0.717) is 13.0 Å². The van der Waals surface area contributed by atoms with E-state index in [4.69, 9.17) is 0 Å². The molecule has 4 heteroatoms. The van der Waals surface area contributed by atoms with Gasteiger partial charge in [0.25, 0.3) is 0 Å². The molecule has 1 N–H and O–H groups in total. The molecular weight excluding hydrogens is 288 g/mol. The second kappa shape index (κ2) is 6.62. The molecule has 2 aliphatic heterocycles. The third-order valence-electron chi connectivity index (χ3n) is 5.62. The lowest BCUT2D eigenvalue weighted by Crippen LogP contribution is -2.56. The molecule has 1 aromatic carbocycles. The number of carbonyl (C=O) groups excluding carboxylic acids is 1. The number of aryl methyl sites for hydroxylation is 1. The summed E-state index contributed by atoms with van der Waals surface area (Å²) in [4.78, 5) is 16.8. The van der Waals surface area contributed by atoms with E-state index in [-0.39, 0.29) is 17.4 Å². The fraction of sp³-hybridized carbons (Fsp3) is 0.632. The Kier molecular flexibility index (Phi) is 4.74. The van der Waals surface area contributed by atoms with Crippen LogP contribution >= 0.6 is 0 Å². The fourth-order valence-electron chi connectivity index (χ4n) is 4.26. The summed E-state index contributed by atoms with van der Waals surface area (Å²) < 4.78 is 0. The second-order valence-electron chi connectivity index (χ2n) is 7.22. The maximum absolute atomic E-state index is 12.6. The van der Waals surface area contributed by atoms with Gasteiger partial charge in [0.2, 0.25) is 5.91 Å². The molecule has 1 unspecified atom stereocenters. The van der Waals surface area contributed by atoms with Gasteiger partial charge in [0, 0.05) is 20.1 Å². The van der Waals surface area contributed by atoms with E-state index in [2.05, 4.69) is 36.1 Å². The number of hydrogen-bond acceptors (Lipinski definition) is 3. The molecule has 0 aromatic heterocycles. The van der Waals surface area contributed by atoms with Crippen LogP contribution in [0.3, 0.4) is 0 Å². The smallest absolute Gasteiger partial charge is 0.228 e. The summed E-state index contributed by atoms with van der Waals surface area (Å²) in [6.45, 7) is 5.51. The number of aliphatic hydroxyl groups excluding tert-OH is 1. The highest BCUT2D eigenvalue weighted by Gasteiger charge is 2.47. The van der Waals surface area contributed by atoms with Crippen molar-refractivity contribution in [1.82, 2.24) is 9.80 Å². The van der Waals surface area contributed by atoms with Crippen molar-refractivity contribution in [2.24, 2.45) is 5.41 Å². The zero-order valence-electron chi connectivity index (χ0n) is 14.3. The third-order valence-corrected chi connectivity index (χ3v) is 5.62. The number of likely N-dealkylation sites (tertiary alicyclic amines) is 2. The van der Waals surface area contributed by atoms with Gasteiger partial charge in [-0.1, -0.05) is 31.2 Å². The number of β-amino-alcohol motifs (C(OH)–C–C–N with tert-alkyl or cyclic N) is 1.